The van der Waals surface area contributed by atoms with E-state index >= 15 is 0 Å². The predicted molar refractivity (Wildman–Crippen MR) is 69.5 cm³/mol. The van der Waals surface area contributed by atoms with Crippen molar-refractivity contribution in [1.82, 2.24) is 14.7 Å². The maximum Gasteiger partial charge on any atom is 0.166 e. The Balaban J connectivity index is 2.16. The Hall–Kier alpha value is -1.86. The van der Waals surface area contributed by atoms with Crippen molar-refractivity contribution in [2.24, 2.45) is 0 Å². The molecule has 1 N–H and O–H groups in total. The number of aryl methyl sites for hydroxylation is 1. The fourth-order valence-corrected chi connectivity index (χ4v) is 2.67. The SMILES string of the molecule is Cc1ccc2c(C#N)nc(C3CCNCC3)n2c1. The molecule has 1 saturated heterocycles. The van der Waals surface area contributed by atoms with E-state index in [0.29, 0.717) is 11.6 Å². The Morgan fingerprint density at radius 3 is 2.89 bits per heavy atom. The van der Waals surface area contributed by atoms with Crippen LogP contribution in [0.3, 0.4) is 0 Å². The van der Waals surface area contributed by atoms with Crippen molar-refractivity contribution in [3.63, 3.8) is 0 Å². The summed E-state index contributed by atoms with van der Waals surface area (Å²) in [4.78, 5) is 4.55. The van der Waals surface area contributed by atoms with E-state index in [9.17, 15) is 5.26 Å². The van der Waals surface area contributed by atoms with Crippen LogP contribution in [0.1, 0.15) is 35.8 Å². The van der Waals surface area contributed by atoms with Crippen molar-refractivity contribution in [3.05, 3.63) is 35.4 Å². The van der Waals surface area contributed by atoms with E-state index in [0.717, 1.165) is 37.3 Å². The number of aromatic nitrogens is 2. The minimum absolute atomic E-state index is 0.461. The highest BCUT2D eigenvalue weighted by Gasteiger charge is 2.21. The zero-order chi connectivity index (χ0) is 12.5. The van der Waals surface area contributed by atoms with Gasteiger partial charge in [0.05, 0.1) is 5.52 Å². The normalized spacial score (nSPS) is 16.9. The van der Waals surface area contributed by atoms with Crippen LogP contribution in [-0.4, -0.2) is 22.5 Å². The van der Waals surface area contributed by atoms with Crippen molar-refractivity contribution in [3.8, 4) is 6.07 Å². The molecule has 0 unspecified atom stereocenters. The van der Waals surface area contributed by atoms with Gasteiger partial charge < -0.3 is 9.72 Å². The molecule has 0 amide bonds. The van der Waals surface area contributed by atoms with E-state index < -0.39 is 0 Å². The van der Waals surface area contributed by atoms with Gasteiger partial charge in [-0.1, -0.05) is 6.07 Å². The second-order valence-electron chi connectivity index (χ2n) is 4.92. The van der Waals surface area contributed by atoms with Gasteiger partial charge in [-0.3, -0.25) is 0 Å². The molecule has 0 aliphatic carbocycles. The van der Waals surface area contributed by atoms with E-state index in [1.165, 1.54) is 5.56 Å². The highest BCUT2D eigenvalue weighted by Crippen LogP contribution is 2.26. The number of nitriles is 1. The average Bonchev–Trinajstić information content (AvgIpc) is 2.77. The van der Waals surface area contributed by atoms with Crippen molar-refractivity contribution in [2.45, 2.75) is 25.7 Å². The second-order valence-corrected chi connectivity index (χ2v) is 4.92. The lowest BCUT2D eigenvalue weighted by molar-refractivity contribution is 0.444. The number of fused-ring (bicyclic) bond motifs is 1. The lowest BCUT2D eigenvalue weighted by atomic mass is 9.97. The molecule has 0 aromatic carbocycles. The summed E-state index contributed by atoms with van der Waals surface area (Å²) in [6.07, 6.45) is 4.27. The van der Waals surface area contributed by atoms with Crippen LogP contribution < -0.4 is 5.32 Å². The molecule has 1 aliphatic rings. The zero-order valence-corrected chi connectivity index (χ0v) is 10.5. The number of nitrogens with zero attached hydrogens (tertiary/aromatic N) is 3. The maximum atomic E-state index is 9.18. The summed E-state index contributed by atoms with van der Waals surface area (Å²) in [6, 6.07) is 6.22. The summed E-state index contributed by atoms with van der Waals surface area (Å²) in [5.74, 6) is 1.51. The van der Waals surface area contributed by atoms with Gasteiger partial charge in [-0.15, -0.1) is 0 Å². The monoisotopic (exact) mass is 240 g/mol. The Morgan fingerprint density at radius 2 is 2.17 bits per heavy atom. The van der Waals surface area contributed by atoms with Crippen molar-refractivity contribution >= 4 is 5.52 Å². The minimum Gasteiger partial charge on any atom is -0.317 e. The number of imidazole rings is 1. The molecule has 0 saturated carbocycles. The third-order valence-electron chi connectivity index (χ3n) is 3.62. The molecule has 4 nitrogen and oxygen atoms in total. The van der Waals surface area contributed by atoms with Gasteiger partial charge in [-0.05, 0) is 44.5 Å². The highest BCUT2D eigenvalue weighted by molar-refractivity contribution is 5.59. The summed E-state index contributed by atoms with van der Waals surface area (Å²) in [7, 11) is 0. The zero-order valence-electron chi connectivity index (χ0n) is 10.5. The molecule has 0 atom stereocenters. The van der Waals surface area contributed by atoms with E-state index in [4.69, 9.17) is 0 Å². The molecule has 92 valence electrons. The van der Waals surface area contributed by atoms with Gasteiger partial charge in [0.1, 0.15) is 11.9 Å². The molecule has 2 aromatic heterocycles. The Morgan fingerprint density at radius 1 is 1.39 bits per heavy atom. The largest absolute Gasteiger partial charge is 0.317 e. The topological polar surface area (TPSA) is 53.1 Å². The molecule has 3 rings (SSSR count). The Labute approximate surface area is 106 Å². The third-order valence-corrected chi connectivity index (χ3v) is 3.62. The van der Waals surface area contributed by atoms with Crippen LogP contribution in [-0.2, 0) is 0 Å². The molecule has 3 heterocycles. The van der Waals surface area contributed by atoms with Crippen LogP contribution in [0.5, 0.6) is 0 Å². The molecular weight excluding hydrogens is 224 g/mol. The number of piperidine rings is 1. The van der Waals surface area contributed by atoms with Gasteiger partial charge in [-0.2, -0.15) is 5.26 Å². The maximum absolute atomic E-state index is 9.18. The van der Waals surface area contributed by atoms with Gasteiger partial charge in [0.25, 0.3) is 0 Å². The van der Waals surface area contributed by atoms with Crippen LogP contribution in [0.2, 0.25) is 0 Å². The third kappa shape index (κ3) is 1.77. The van der Waals surface area contributed by atoms with Crippen LogP contribution >= 0.6 is 0 Å². The first-order valence-electron chi connectivity index (χ1n) is 6.39. The minimum atomic E-state index is 0.461. The van der Waals surface area contributed by atoms with E-state index in [-0.39, 0.29) is 0 Å². The molecule has 18 heavy (non-hydrogen) atoms. The van der Waals surface area contributed by atoms with E-state index in [1.54, 1.807) is 0 Å². The Bertz CT molecular complexity index is 614. The lowest BCUT2D eigenvalue weighted by Crippen LogP contribution is -2.27. The summed E-state index contributed by atoms with van der Waals surface area (Å²) in [5.41, 5.74) is 2.67. The van der Waals surface area contributed by atoms with Gasteiger partial charge >= 0.3 is 0 Å². The summed E-state index contributed by atoms with van der Waals surface area (Å²) < 4.78 is 2.10. The molecule has 4 heteroatoms. The Kier molecular flexibility index (Phi) is 2.77. The first-order chi connectivity index (χ1) is 8.79. The fourth-order valence-electron chi connectivity index (χ4n) is 2.67. The number of hydrogen-bond donors (Lipinski definition) is 1. The highest BCUT2D eigenvalue weighted by atomic mass is 15.0. The molecule has 0 radical (unpaired) electrons. The van der Waals surface area contributed by atoms with Gasteiger partial charge in [0, 0.05) is 12.1 Å². The lowest BCUT2D eigenvalue weighted by Gasteiger charge is -2.21. The van der Waals surface area contributed by atoms with Crippen LogP contribution in [0.15, 0.2) is 18.3 Å². The average molecular weight is 240 g/mol. The van der Waals surface area contributed by atoms with Crippen LogP contribution in [0.25, 0.3) is 5.52 Å². The quantitative estimate of drug-likeness (QED) is 0.829. The number of hydrogen-bond acceptors (Lipinski definition) is 3. The molecule has 2 aromatic rings. The summed E-state index contributed by atoms with van der Waals surface area (Å²) >= 11 is 0. The van der Waals surface area contributed by atoms with Crippen molar-refractivity contribution in [2.75, 3.05) is 13.1 Å². The van der Waals surface area contributed by atoms with Crippen molar-refractivity contribution < 1.29 is 0 Å². The first kappa shape index (κ1) is 11.2. The van der Waals surface area contributed by atoms with Crippen molar-refractivity contribution in [1.29, 1.82) is 5.26 Å². The van der Waals surface area contributed by atoms with Gasteiger partial charge in [-0.25, -0.2) is 4.98 Å². The smallest absolute Gasteiger partial charge is 0.166 e. The van der Waals surface area contributed by atoms with Gasteiger partial charge in [0.15, 0.2) is 5.69 Å². The molecule has 1 aliphatic heterocycles. The van der Waals surface area contributed by atoms with Gasteiger partial charge in [0.2, 0.25) is 0 Å². The predicted octanol–water partition coefficient (Wildman–Crippen LogP) is 1.98. The first-order valence-corrected chi connectivity index (χ1v) is 6.39. The van der Waals surface area contributed by atoms with Crippen LogP contribution in [0.4, 0.5) is 0 Å². The molecule has 1 fully saturated rings. The van der Waals surface area contributed by atoms with E-state index in [1.807, 2.05) is 12.1 Å². The molecular formula is C14H16N4. The standard InChI is InChI=1S/C14H16N4/c1-10-2-3-13-12(8-15)17-14(18(13)9-10)11-4-6-16-7-5-11/h2-3,9,11,16H,4-7H2,1H3. The number of pyridine rings is 1. The fraction of sp³-hybridized carbons (Fsp3) is 0.429. The summed E-state index contributed by atoms with van der Waals surface area (Å²) in [6.45, 7) is 4.14. The molecule has 0 bridgehead atoms. The number of nitrogens with one attached hydrogen (secondary N) is 1. The second kappa shape index (κ2) is 4.43. The number of rotatable bonds is 1. The summed E-state index contributed by atoms with van der Waals surface area (Å²) in [5, 5.41) is 12.5. The van der Waals surface area contributed by atoms with E-state index in [2.05, 4.69) is 33.9 Å². The van der Waals surface area contributed by atoms with Crippen LogP contribution in [0, 0.1) is 18.3 Å². The molecule has 0 spiro atoms.